The van der Waals surface area contributed by atoms with Crippen LogP contribution < -0.4 is 15.4 Å². The number of nitrogens with one attached hydrogen (secondary N) is 2. The fraction of sp³-hybridized carbons (Fsp3) is 0.250. The van der Waals surface area contributed by atoms with Crippen LogP contribution in [0, 0.1) is 0 Å². The lowest BCUT2D eigenvalue weighted by atomic mass is 10.1. The Morgan fingerprint density at radius 2 is 1.56 bits per heavy atom. The van der Waals surface area contributed by atoms with Crippen LogP contribution in [0.3, 0.4) is 0 Å². The summed E-state index contributed by atoms with van der Waals surface area (Å²) in [4.78, 5) is 42.7. The molecule has 0 saturated carbocycles. The Hall–Kier alpha value is -4.33. The number of nitrogens with zero attached hydrogens (tertiary/aromatic N) is 2. The van der Waals surface area contributed by atoms with E-state index in [0.29, 0.717) is 30.9 Å². The standard InChI is InChI=1S/C28H30N4O4/c1-2-36-24-15-13-23(14-16-24)30-28(35)31-17-18-32(27(34)22-11-7-4-8-12-22)25(20-31)26(33)29-19-21-9-5-3-6-10-21/h3-16,25H,2,17-20H2,1H3,(H,29,33)(H,30,35). The highest BCUT2D eigenvalue weighted by molar-refractivity contribution is 5.98. The van der Waals surface area contributed by atoms with E-state index in [4.69, 9.17) is 4.74 Å². The minimum absolute atomic E-state index is 0.0854. The number of piperazine rings is 1. The Kier molecular flexibility index (Phi) is 8.18. The molecule has 4 rings (SSSR count). The Bertz CT molecular complexity index is 1170. The van der Waals surface area contributed by atoms with Gasteiger partial charge in [0.2, 0.25) is 5.91 Å². The normalized spacial score (nSPS) is 15.2. The summed E-state index contributed by atoms with van der Waals surface area (Å²) >= 11 is 0. The molecule has 1 aliphatic rings. The van der Waals surface area contributed by atoms with Crippen LogP contribution >= 0.6 is 0 Å². The number of amides is 4. The molecule has 8 heteroatoms. The van der Waals surface area contributed by atoms with E-state index in [1.165, 1.54) is 0 Å². The highest BCUT2D eigenvalue weighted by Gasteiger charge is 2.37. The third-order valence-electron chi connectivity index (χ3n) is 5.98. The summed E-state index contributed by atoms with van der Waals surface area (Å²) in [5.41, 5.74) is 2.08. The summed E-state index contributed by atoms with van der Waals surface area (Å²) in [5.74, 6) is 0.183. The maximum atomic E-state index is 13.3. The molecule has 1 heterocycles. The monoisotopic (exact) mass is 486 g/mol. The predicted octanol–water partition coefficient (Wildman–Crippen LogP) is 3.76. The average Bonchev–Trinajstić information content (AvgIpc) is 2.93. The van der Waals surface area contributed by atoms with Gasteiger partial charge in [-0.3, -0.25) is 9.59 Å². The molecule has 0 aromatic heterocycles. The summed E-state index contributed by atoms with van der Waals surface area (Å²) in [7, 11) is 0. The average molecular weight is 487 g/mol. The largest absolute Gasteiger partial charge is 0.494 e. The number of hydrogen-bond donors (Lipinski definition) is 2. The van der Waals surface area contributed by atoms with Crippen molar-refractivity contribution in [3.63, 3.8) is 0 Å². The van der Waals surface area contributed by atoms with Crippen molar-refractivity contribution in [2.75, 3.05) is 31.6 Å². The molecule has 0 spiro atoms. The second kappa shape index (κ2) is 11.9. The van der Waals surface area contributed by atoms with Gasteiger partial charge < -0.3 is 25.2 Å². The molecular formula is C28H30N4O4. The molecule has 0 bridgehead atoms. The van der Waals surface area contributed by atoms with Crippen LogP contribution in [0.5, 0.6) is 5.75 Å². The number of carbonyl (C=O) groups is 3. The van der Waals surface area contributed by atoms with E-state index in [-0.39, 0.29) is 30.9 Å². The number of carbonyl (C=O) groups excluding carboxylic acids is 3. The number of urea groups is 1. The molecular weight excluding hydrogens is 456 g/mol. The zero-order valence-corrected chi connectivity index (χ0v) is 20.2. The van der Waals surface area contributed by atoms with E-state index in [0.717, 1.165) is 11.3 Å². The van der Waals surface area contributed by atoms with Crippen LogP contribution in [-0.2, 0) is 11.3 Å². The van der Waals surface area contributed by atoms with Gasteiger partial charge in [-0.1, -0.05) is 48.5 Å². The third-order valence-corrected chi connectivity index (χ3v) is 5.98. The topological polar surface area (TPSA) is 91.0 Å². The van der Waals surface area contributed by atoms with E-state index in [1.807, 2.05) is 43.3 Å². The van der Waals surface area contributed by atoms with Crippen molar-refractivity contribution in [3.05, 3.63) is 96.1 Å². The number of benzene rings is 3. The van der Waals surface area contributed by atoms with Crippen LogP contribution in [0.15, 0.2) is 84.9 Å². The van der Waals surface area contributed by atoms with Crippen molar-refractivity contribution in [3.8, 4) is 5.75 Å². The van der Waals surface area contributed by atoms with Gasteiger partial charge >= 0.3 is 6.03 Å². The molecule has 36 heavy (non-hydrogen) atoms. The number of rotatable bonds is 7. The minimum atomic E-state index is -0.818. The van der Waals surface area contributed by atoms with Gasteiger partial charge in [0.15, 0.2) is 0 Å². The maximum Gasteiger partial charge on any atom is 0.321 e. The molecule has 0 radical (unpaired) electrons. The van der Waals surface area contributed by atoms with Crippen molar-refractivity contribution in [1.82, 2.24) is 15.1 Å². The molecule has 0 aliphatic carbocycles. The van der Waals surface area contributed by atoms with E-state index < -0.39 is 6.04 Å². The molecule has 2 N–H and O–H groups in total. The Morgan fingerprint density at radius 1 is 0.889 bits per heavy atom. The molecule has 3 aromatic rings. The van der Waals surface area contributed by atoms with Crippen LogP contribution in [0.25, 0.3) is 0 Å². The van der Waals surface area contributed by atoms with E-state index in [9.17, 15) is 14.4 Å². The number of ether oxygens (including phenoxy) is 1. The Labute approximate surface area is 210 Å². The fourth-order valence-corrected chi connectivity index (χ4v) is 4.09. The first-order valence-electron chi connectivity index (χ1n) is 12.0. The van der Waals surface area contributed by atoms with Crippen molar-refractivity contribution >= 4 is 23.5 Å². The third kappa shape index (κ3) is 6.21. The predicted molar refractivity (Wildman–Crippen MR) is 138 cm³/mol. The molecule has 1 aliphatic heterocycles. The summed E-state index contributed by atoms with van der Waals surface area (Å²) in [6, 6.07) is 24.4. The van der Waals surface area contributed by atoms with E-state index in [1.54, 1.807) is 58.3 Å². The fourth-order valence-electron chi connectivity index (χ4n) is 4.09. The van der Waals surface area contributed by atoms with Crippen molar-refractivity contribution in [1.29, 1.82) is 0 Å². The first kappa shape index (κ1) is 24.8. The Morgan fingerprint density at radius 3 is 2.22 bits per heavy atom. The van der Waals surface area contributed by atoms with Crippen LogP contribution in [0.2, 0.25) is 0 Å². The zero-order valence-electron chi connectivity index (χ0n) is 20.2. The SMILES string of the molecule is CCOc1ccc(NC(=O)N2CCN(C(=O)c3ccccc3)C(C(=O)NCc3ccccc3)C2)cc1. The Balaban J connectivity index is 1.47. The second-order valence-electron chi connectivity index (χ2n) is 8.42. The molecule has 186 valence electrons. The van der Waals surface area contributed by atoms with Crippen molar-refractivity contribution in [2.45, 2.75) is 19.5 Å². The quantitative estimate of drug-likeness (QED) is 0.532. The first-order chi connectivity index (χ1) is 17.5. The molecule has 1 saturated heterocycles. The summed E-state index contributed by atoms with van der Waals surface area (Å²) < 4.78 is 5.44. The molecule has 3 aromatic carbocycles. The zero-order chi connectivity index (χ0) is 25.3. The first-order valence-corrected chi connectivity index (χ1v) is 12.0. The van der Waals surface area contributed by atoms with Crippen LogP contribution in [0.1, 0.15) is 22.8 Å². The van der Waals surface area contributed by atoms with Gasteiger partial charge in [0, 0.05) is 30.9 Å². The van der Waals surface area contributed by atoms with Gasteiger partial charge in [-0.05, 0) is 48.9 Å². The highest BCUT2D eigenvalue weighted by Crippen LogP contribution is 2.19. The molecule has 1 unspecified atom stereocenters. The smallest absolute Gasteiger partial charge is 0.321 e. The van der Waals surface area contributed by atoms with E-state index in [2.05, 4.69) is 10.6 Å². The van der Waals surface area contributed by atoms with Crippen molar-refractivity contribution in [2.24, 2.45) is 0 Å². The van der Waals surface area contributed by atoms with Crippen molar-refractivity contribution < 1.29 is 19.1 Å². The summed E-state index contributed by atoms with van der Waals surface area (Å²) in [5, 5.41) is 5.80. The lowest BCUT2D eigenvalue weighted by Crippen LogP contribution is -2.62. The summed E-state index contributed by atoms with van der Waals surface area (Å²) in [6.45, 7) is 3.44. The van der Waals surface area contributed by atoms with E-state index >= 15 is 0 Å². The van der Waals surface area contributed by atoms with Gasteiger partial charge in [0.1, 0.15) is 11.8 Å². The minimum Gasteiger partial charge on any atom is -0.494 e. The molecule has 8 nitrogen and oxygen atoms in total. The lowest BCUT2D eigenvalue weighted by Gasteiger charge is -2.40. The summed E-state index contributed by atoms with van der Waals surface area (Å²) in [6.07, 6.45) is 0. The van der Waals surface area contributed by atoms with Gasteiger partial charge in [-0.15, -0.1) is 0 Å². The number of hydrogen-bond acceptors (Lipinski definition) is 4. The van der Waals surface area contributed by atoms with Crippen LogP contribution in [0.4, 0.5) is 10.5 Å². The van der Waals surface area contributed by atoms with Gasteiger partial charge in [-0.2, -0.15) is 0 Å². The van der Waals surface area contributed by atoms with Gasteiger partial charge in [0.25, 0.3) is 5.91 Å². The second-order valence-corrected chi connectivity index (χ2v) is 8.42. The molecule has 4 amide bonds. The van der Waals surface area contributed by atoms with Gasteiger partial charge in [-0.25, -0.2) is 4.79 Å². The maximum absolute atomic E-state index is 13.3. The molecule has 1 fully saturated rings. The van der Waals surface area contributed by atoms with Gasteiger partial charge in [0.05, 0.1) is 13.2 Å². The number of anilines is 1. The molecule has 1 atom stereocenters. The highest BCUT2D eigenvalue weighted by atomic mass is 16.5. The van der Waals surface area contributed by atoms with Crippen LogP contribution in [-0.4, -0.2) is 59.9 Å². The lowest BCUT2D eigenvalue weighted by molar-refractivity contribution is -0.127.